The first-order valence-corrected chi connectivity index (χ1v) is 6.79. The molecule has 0 aliphatic heterocycles. The molecule has 1 N–H and O–H groups in total. The number of hydrogen-bond donors (Lipinski definition) is 1. The van der Waals surface area contributed by atoms with E-state index in [2.05, 4.69) is 25.3 Å². The van der Waals surface area contributed by atoms with Crippen molar-refractivity contribution in [2.45, 2.75) is 26.9 Å². The van der Waals surface area contributed by atoms with Crippen molar-refractivity contribution in [2.75, 3.05) is 19.0 Å². The Bertz CT molecular complexity index is 604. The Morgan fingerprint density at radius 3 is 2.71 bits per heavy atom. The van der Waals surface area contributed by atoms with Crippen LogP contribution < -0.4 is 14.8 Å². The highest BCUT2D eigenvalue weighted by atomic mass is 16.5. The highest BCUT2D eigenvalue weighted by Gasteiger charge is 2.11. The molecule has 0 saturated heterocycles. The number of aromatic nitrogens is 4. The van der Waals surface area contributed by atoms with Gasteiger partial charge in [0.2, 0.25) is 11.8 Å². The minimum absolute atomic E-state index is 0.0123. The zero-order valence-corrected chi connectivity index (χ0v) is 12.6. The smallest absolute Gasteiger partial charge is 0.322 e. The molecular weight excluding hydrogens is 270 g/mol. The summed E-state index contributed by atoms with van der Waals surface area (Å²) in [5.41, 5.74) is 0.789. The lowest BCUT2D eigenvalue weighted by molar-refractivity contribution is 0.222. The Kier molecular flexibility index (Phi) is 4.86. The highest BCUT2D eigenvalue weighted by Crippen LogP contribution is 2.21. The first-order chi connectivity index (χ1) is 10.1. The van der Waals surface area contributed by atoms with Crippen LogP contribution in [0.3, 0.4) is 0 Å². The molecule has 0 aliphatic carbocycles. The largest absolute Gasteiger partial charge is 0.481 e. The van der Waals surface area contributed by atoms with E-state index in [1.54, 1.807) is 19.4 Å². The number of pyridine rings is 1. The van der Waals surface area contributed by atoms with Crippen molar-refractivity contribution >= 4 is 5.95 Å². The van der Waals surface area contributed by atoms with Crippen molar-refractivity contribution in [3.63, 3.8) is 0 Å². The average molecular weight is 289 g/mol. The van der Waals surface area contributed by atoms with Gasteiger partial charge in [0.05, 0.1) is 13.2 Å². The van der Waals surface area contributed by atoms with E-state index in [0.29, 0.717) is 30.2 Å². The number of methoxy groups -OCH3 is 1. The lowest BCUT2D eigenvalue weighted by Gasteiger charge is -2.11. The van der Waals surface area contributed by atoms with Gasteiger partial charge in [-0.05, 0) is 26.8 Å². The van der Waals surface area contributed by atoms with Gasteiger partial charge in [0, 0.05) is 24.4 Å². The van der Waals surface area contributed by atoms with Gasteiger partial charge in [0.1, 0.15) is 0 Å². The van der Waals surface area contributed by atoms with E-state index in [9.17, 15) is 0 Å². The van der Waals surface area contributed by atoms with Crippen molar-refractivity contribution in [3.8, 4) is 23.3 Å². The molecule has 7 heteroatoms. The maximum Gasteiger partial charge on any atom is 0.322 e. The second kappa shape index (κ2) is 6.83. The Labute approximate surface area is 123 Å². The van der Waals surface area contributed by atoms with Crippen molar-refractivity contribution in [2.24, 2.45) is 0 Å². The summed E-state index contributed by atoms with van der Waals surface area (Å²) in [5.74, 6) is 1.50. The first-order valence-electron chi connectivity index (χ1n) is 6.79. The number of nitrogens with one attached hydrogen (secondary N) is 1. The molecule has 21 heavy (non-hydrogen) atoms. The molecule has 0 bridgehead atoms. The van der Waals surface area contributed by atoms with Crippen LogP contribution in [0, 0.1) is 0 Å². The summed E-state index contributed by atoms with van der Waals surface area (Å²) in [6.45, 7) is 6.53. The van der Waals surface area contributed by atoms with E-state index in [4.69, 9.17) is 9.47 Å². The molecule has 2 heterocycles. The summed E-state index contributed by atoms with van der Waals surface area (Å²) < 4.78 is 10.7. The molecule has 0 saturated carbocycles. The molecule has 2 aromatic rings. The van der Waals surface area contributed by atoms with Crippen molar-refractivity contribution in [1.29, 1.82) is 0 Å². The average Bonchev–Trinajstić information content (AvgIpc) is 2.46. The highest BCUT2D eigenvalue weighted by molar-refractivity contribution is 5.57. The predicted octanol–water partition coefficient (Wildman–Crippen LogP) is 2.16. The van der Waals surface area contributed by atoms with Crippen molar-refractivity contribution < 1.29 is 9.47 Å². The summed E-state index contributed by atoms with van der Waals surface area (Å²) in [6.07, 6.45) is 1.63. The SMILES string of the molecule is CCNc1nc(OC(C)C)nc(-c2ccnc(OC)c2)n1. The van der Waals surface area contributed by atoms with Crippen LogP contribution in [0.15, 0.2) is 18.3 Å². The molecule has 0 aromatic carbocycles. The number of hydrogen-bond acceptors (Lipinski definition) is 7. The Morgan fingerprint density at radius 1 is 1.24 bits per heavy atom. The van der Waals surface area contributed by atoms with Gasteiger partial charge >= 0.3 is 6.01 Å². The monoisotopic (exact) mass is 289 g/mol. The summed E-state index contributed by atoms with van der Waals surface area (Å²) in [6, 6.07) is 3.87. The zero-order valence-electron chi connectivity index (χ0n) is 12.6. The number of rotatable bonds is 6. The topological polar surface area (TPSA) is 82.1 Å². The summed E-state index contributed by atoms with van der Waals surface area (Å²) in [5, 5.41) is 3.07. The summed E-state index contributed by atoms with van der Waals surface area (Å²) >= 11 is 0. The van der Waals surface area contributed by atoms with Gasteiger partial charge in [-0.3, -0.25) is 0 Å². The first kappa shape index (κ1) is 15.0. The van der Waals surface area contributed by atoms with Crippen LogP contribution in [0.25, 0.3) is 11.4 Å². The predicted molar refractivity (Wildman–Crippen MR) is 79.5 cm³/mol. The number of nitrogens with zero attached hydrogens (tertiary/aromatic N) is 4. The maximum absolute atomic E-state index is 5.57. The van der Waals surface area contributed by atoms with E-state index < -0.39 is 0 Å². The van der Waals surface area contributed by atoms with E-state index in [0.717, 1.165) is 5.56 Å². The quantitative estimate of drug-likeness (QED) is 0.872. The molecule has 0 aliphatic rings. The molecule has 0 spiro atoms. The standard InChI is InChI=1S/C14H19N5O2/c1-5-15-13-17-12(18-14(19-13)21-9(2)3)10-6-7-16-11(8-10)20-4/h6-9H,5H2,1-4H3,(H,15,17,18,19). The van der Waals surface area contributed by atoms with E-state index in [1.165, 1.54) is 0 Å². The normalized spacial score (nSPS) is 10.5. The van der Waals surface area contributed by atoms with Gasteiger partial charge in [-0.25, -0.2) is 4.98 Å². The molecule has 0 unspecified atom stereocenters. The fraction of sp³-hybridized carbons (Fsp3) is 0.429. The molecule has 7 nitrogen and oxygen atoms in total. The van der Waals surface area contributed by atoms with Gasteiger partial charge in [-0.15, -0.1) is 0 Å². The van der Waals surface area contributed by atoms with Crippen molar-refractivity contribution in [1.82, 2.24) is 19.9 Å². The molecule has 0 atom stereocenters. The van der Waals surface area contributed by atoms with Crippen LogP contribution in [-0.2, 0) is 0 Å². The van der Waals surface area contributed by atoms with Crippen LogP contribution in [0.2, 0.25) is 0 Å². The fourth-order valence-corrected chi connectivity index (χ4v) is 1.65. The van der Waals surface area contributed by atoms with Crippen LogP contribution in [0.4, 0.5) is 5.95 Å². The molecule has 112 valence electrons. The van der Waals surface area contributed by atoms with Crippen LogP contribution >= 0.6 is 0 Å². The molecule has 0 radical (unpaired) electrons. The van der Waals surface area contributed by atoms with E-state index in [1.807, 2.05) is 26.8 Å². The zero-order chi connectivity index (χ0) is 15.2. The Hall–Kier alpha value is -2.44. The lowest BCUT2D eigenvalue weighted by atomic mass is 10.2. The van der Waals surface area contributed by atoms with Crippen LogP contribution in [0.1, 0.15) is 20.8 Å². The van der Waals surface area contributed by atoms with Gasteiger partial charge < -0.3 is 14.8 Å². The van der Waals surface area contributed by atoms with Crippen molar-refractivity contribution in [3.05, 3.63) is 18.3 Å². The third kappa shape index (κ3) is 4.01. The van der Waals surface area contributed by atoms with E-state index >= 15 is 0 Å². The number of ether oxygens (including phenoxy) is 2. The number of anilines is 1. The third-order valence-electron chi connectivity index (χ3n) is 2.49. The van der Waals surface area contributed by atoms with E-state index in [-0.39, 0.29) is 6.10 Å². The van der Waals surface area contributed by atoms with Crippen LogP contribution in [-0.4, -0.2) is 39.7 Å². The van der Waals surface area contributed by atoms with Crippen LogP contribution in [0.5, 0.6) is 11.9 Å². The van der Waals surface area contributed by atoms with Gasteiger partial charge in [0.25, 0.3) is 0 Å². The molecular formula is C14H19N5O2. The second-order valence-electron chi connectivity index (χ2n) is 4.55. The second-order valence-corrected chi connectivity index (χ2v) is 4.55. The minimum atomic E-state index is -0.0123. The fourth-order valence-electron chi connectivity index (χ4n) is 1.65. The molecule has 2 rings (SSSR count). The Morgan fingerprint density at radius 2 is 2.05 bits per heavy atom. The maximum atomic E-state index is 5.57. The van der Waals surface area contributed by atoms with Gasteiger partial charge in [-0.2, -0.15) is 15.0 Å². The summed E-state index contributed by atoms with van der Waals surface area (Å²) in [7, 11) is 1.57. The van der Waals surface area contributed by atoms with Gasteiger partial charge in [0.15, 0.2) is 5.82 Å². The van der Waals surface area contributed by atoms with Gasteiger partial charge in [-0.1, -0.05) is 0 Å². The Balaban J connectivity index is 2.42. The summed E-state index contributed by atoms with van der Waals surface area (Å²) in [4.78, 5) is 17.0. The molecule has 0 amide bonds. The molecule has 0 fully saturated rings. The minimum Gasteiger partial charge on any atom is -0.481 e. The lowest BCUT2D eigenvalue weighted by Crippen LogP contribution is -2.12. The third-order valence-corrected chi connectivity index (χ3v) is 2.49. The molecule has 2 aromatic heterocycles.